The predicted molar refractivity (Wildman–Crippen MR) is 97.8 cm³/mol. The molecule has 3 aromatic rings. The number of carbonyl (C=O) groups is 1. The van der Waals surface area contributed by atoms with Gasteiger partial charge in [0, 0.05) is 5.39 Å². The molecule has 0 bridgehead atoms. The van der Waals surface area contributed by atoms with Crippen LogP contribution in [0.25, 0.3) is 10.2 Å². The summed E-state index contributed by atoms with van der Waals surface area (Å²) < 4.78 is 0. The number of carbonyl (C=O) groups excluding carboxylic acids is 1. The summed E-state index contributed by atoms with van der Waals surface area (Å²) in [4.78, 5) is 21.8. The van der Waals surface area contributed by atoms with Crippen LogP contribution in [0, 0.1) is 0 Å². The molecule has 1 N–H and O–H groups in total. The molecule has 3 rings (SSSR count). The number of nitrogens with one attached hydrogen (secondary N) is 1. The molecule has 118 valence electrons. The Kier molecular flexibility index (Phi) is 5.06. The van der Waals surface area contributed by atoms with E-state index in [1.165, 1.54) is 18.1 Å². The van der Waals surface area contributed by atoms with E-state index in [0.717, 1.165) is 15.2 Å². The number of thioether (sulfide) groups is 1. The summed E-state index contributed by atoms with van der Waals surface area (Å²) in [6.45, 7) is 1.81. The molecule has 1 aromatic carbocycles. The molecule has 0 saturated carbocycles. The summed E-state index contributed by atoms with van der Waals surface area (Å²) in [7, 11) is 0. The maximum absolute atomic E-state index is 12.4. The minimum absolute atomic E-state index is 0.188. The smallest absolute Gasteiger partial charge is 0.237 e. The third-order valence-corrected chi connectivity index (χ3v) is 5.66. The Hall–Kier alpha value is -1.34. The number of fused-ring (bicyclic) bond motifs is 1. The number of nitrogens with zero attached hydrogens (tertiary/aromatic N) is 2. The van der Waals surface area contributed by atoms with Gasteiger partial charge in [0.15, 0.2) is 0 Å². The van der Waals surface area contributed by atoms with Crippen LogP contribution in [0.15, 0.2) is 41.0 Å². The normalized spacial score (nSPS) is 12.3. The molecule has 0 aliphatic rings. The molecule has 4 nitrogen and oxygen atoms in total. The number of hydrogen-bond donors (Lipinski definition) is 1. The Labute approximate surface area is 151 Å². The number of para-hydroxylation sites is 1. The van der Waals surface area contributed by atoms with E-state index in [9.17, 15) is 4.79 Å². The van der Waals surface area contributed by atoms with Crippen LogP contribution in [-0.2, 0) is 4.79 Å². The molecule has 1 amide bonds. The standard InChI is InChI=1S/C15H11Cl2N3OS2/c1-8(13(21)20-12-10(16)3-2-4-11(12)17)23-15-9-5-6-22-14(9)18-7-19-15/h2-8H,1H3,(H,20,21)/t8-/m0/s1. The number of benzene rings is 1. The number of aromatic nitrogens is 2. The fraction of sp³-hybridized carbons (Fsp3) is 0.133. The highest BCUT2D eigenvalue weighted by Crippen LogP contribution is 2.33. The van der Waals surface area contributed by atoms with Crippen LogP contribution < -0.4 is 5.32 Å². The maximum atomic E-state index is 12.4. The maximum Gasteiger partial charge on any atom is 0.237 e. The molecule has 23 heavy (non-hydrogen) atoms. The fourth-order valence-electron chi connectivity index (χ4n) is 1.92. The van der Waals surface area contributed by atoms with Crippen LogP contribution in [0.4, 0.5) is 5.69 Å². The lowest BCUT2D eigenvalue weighted by atomic mass is 10.3. The first-order chi connectivity index (χ1) is 11.1. The fourth-order valence-corrected chi connectivity index (χ4v) is 4.11. The predicted octanol–water partition coefficient (Wildman–Crippen LogP) is 5.12. The lowest BCUT2D eigenvalue weighted by Crippen LogP contribution is -2.22. The van der Waals surface area contributed by atoms with Gasteiger partial charge in [-0.3, -0.25) is 4.79 Å². The molecule has 0 radical (unpaired) electrons. The molecule has 0 spiro atoms. The van der Waals surface area contributed by atoms with Gasteiger partial charge in [-0.25, -0.2) is 9.97 Å². The minimum Gasteiger partial charge on any atom is -0.323 e. The molecular formula is C15H11Cl2N3OS2. The molecule has 0 fully saturated rings. The van der Waals surface area contributed by atoms with Gasteiger partial charge in [0.05, 0.1) is 21.0 Å². The number of amides is 1. The summed E-state index contributed by atoms with van der Waals surface area (Å²) in [5, 5.41) is 6.92. The molecule has 0 aliphatic heterocycles. The number of halogens is 2. The summed E-state index contributed by atoms with van der Waals surface area (Å²) in [5.41, 5.74) is 0.427. The van der Waals surface area contributed by atoms with Crippen molar-refractivity contribution >= 4 is 68.1 Å². The van der Waals surface area contributed by atoms with Gasteiger partial charge in [-0.1, -0.05) is 41.0 Å². The van der Waals surface area contributed by atoms with Crippen molar-refractivity contribution in [2.24, 2.45) is 0 Å². The summed E-state index contributed by atoms with van der Waals surface area (Å²) >= 11 is 15.1. The molecule has 2 aromatic heterocycles. The van der Waals surface area contributed by atoms with Gasteiger partial charge in [-0.05, 0) is 30.5 Å². The van der Waals surface area contributed by atoms with E-state index in [2.05, 4.69) is 15.3 Å². The van der Waals surface area contributed by atoms with Gasteiger partial charge in [-0.2, -0.15) is 0 Å². The van der Waals surface area contributed by atoms with Crippen molar-refractivity contribution in [1.29, 1.82) is 0 Å². The van der Waals surface area contributed by atoms with Crippen LogP contribution in [0.2, 0.25) is 10.0 Å². The Morgan fingerprint density at radius 3 is 2.74 bits per heavy atom. The van der Waals surface area contributed by atoms with Crippen molar-refractivity contribution in [3.05, 3.63) is 46.0 Å². The van der Waals surface area contributed by atoms with Crippen LogP contribution in [-0.4, -0.2) is 21.1 Å². The van der Waals surface area contributed by atoms with Gasteiger partial charge < -0.3 is 5.32 Å². The van der Waals surface area contributed by atoms with Crippen molar-refractivity contribution in [2.45, 2.75) is 17.2 Å². The number of thiophene rings is 1. The zero-order chi connectivity index (χ0) is 16.4. The summed E-state index contributed by atoms with van der Waals surface area (Å²) in [5.74, 6) is -0.188. The molecule has 0 unspecified atom stereocenters. The Balaban J connectivity index is 1.77. The van der Waals surface area contributed by atoms with E-state index in [0.29, 0.717) is 15.7 Å². The van der Waals surface area contributed by atoms with Gasteiger partial charge >= 0.3 is 0 Å². The number of anilines is 1. The zero-order valence-corrected chi connectivity index (χ0v) is 15.1. The van der Waals surface area contributed by atoms with Gasteiger partial charge in [0.1, 0.15) is 16.2 Å². The highest BCUT2D eigenvalue weighted by atomic mass is 35.5. The van der Waals surface area contributed by atoms with Crippen molar-refractivity contribution < 1.29 is 4.79 Å². The van der Waals surface area contributed by atoms with Crippen molar-refractivity contribution in [2.75, 3.05) is 5.32 Å². The Morgan fingerprint density at radius 2 is 2.00 bits per heavy atom. The average Bonchev–Trinajstić information content (AvgIpc) is 3.00. The lowest BCUT2D eigenvalue weighted by molar-refractivity contribution is -0.115. The van der Waals surface area contributed by atoms with Gasteiger partial charge in [-0.15, -0.1) is 11.3 Å². The van der Waals surface area contributed by atoms with Crippen LogP contribution >= 0.6 is 46.3 Å². The zero-order valence-electron chi connectivity index (χ0n) is 11.9. The highest BCUT2D eigenvalue weighted by Gasteiger charge is 2.19. The van der Waals surface area contributed by atoms with E-state index in [-0.39, 0.29) is 11.2 Å². The molecule has 8 heteroatoms. The molecule has 0 aliphatic carbocycles. The van der Waals surface area contributed by atoms with Crippen molar-refractivity contribution in [1.82, 2.24) is 9.97 Å². The number of rotatable bonds is 4. The van der Waals surface area contributed by atoms with Crippen LogP contribution in [0.5, 0.6) is 0 Å². The van der Waals surface area contributed by atoms with Crippen molar-refractivity contribution in [3.63, 3.8) is 0 Å². The molecule has 1 atom stereocenters. The second-order valence-electron chi connectivity index (χ2n) is 4.66. The summed E-state index contributed by atoms with van der Waals surface area (Å²) in [6.07, 6.45) is 1.51. The molecule has 0 saturated heterocycles. The Morgan fingerprint density at radius 1 is 1.26 bits per heavy atom. The van der Waals surface area contributed by atoms with Crippen molar-refractivity contribution in [3.8, 4) is 0 Å². The first-order valence-corrected chi connectivity index (χ1v) is 9.17. The third-order valence-electron chi connectivity index (χ3n) is 3.09. The first kappa shape index (κ1) is 16.5. The number of hydrogen-bond acceptors (Lipinski definition) is 5. The van der Waals surface area contributed by atoms with E-state index in [1.54, 1.807) is 29.5 Å². The van der Waals surface area contributed by atoms with E-state index < -0.39 is 0 Å². The quantitative estimate of drug-likeness (QED) is 0.501. The minimum atomic E-state index is -0.361. The van der Waals surface area contributed by atoms with Gasteiger partial charge in [0.2, 0.25) is 5.91 Å². The second kappa shape index (κ2) is 7.05. The third kappa shape index (κ3) is 3.61. The highest BCUT2D eigenvalue weighted by molar-refractivity contribution is 8.00. The molecule has 2 heterocycles. The monoisotopic (exact) mass is 383 g/mol. The second-order valence-corrected chi connectivity index (χ2v) is 7.70. The van der Waals surface area contributed by atoms with Gasteiger partial charge in [0.25, 0.3) is 0 Å². The van der Waals surface area contributed by atoms with E-state index >= 15 is 0 Å². The molecular weight excluding hydrogens is 373 g/mol. The van der Waals surface area contributed by atoms with Crippen LogP contribution in [0.1, 0.15) is 6.92 Å². The summed E-state index contributed by atoms with van der Waals surface area (Å²) in [6, 6.07) is 7.05. The Bertz CT molecular complexity index is 849. The SMILES string of the molecule is C[C@H](Sc1ncnc2sccc12)C(=O)Nc1c(Cl)cccc1Cl. The largest absolute Gasteiger partial charge is 0.323 e. The lowest BCUT2D eigenvalue weighted by Gasteiger charge is -2.13. The van der Waals surface area contributed by atoms with Crippen LogP contribution in [0.3, 0.4) is 0 Å². The average molecular weight is 384 g/mol. The van der Waals surface area contributed by atoms with E-state index in [4.69, 9.17) is 23.2 Å². The van der Waals surface area contributed by atoms with E-state index in [1.807, 2.05) is 18.4 Å². The first-order valence-electron chi connectivity index (χ1n) is 6.66. The topological polar surface area (TPSA) is 54.9 Å².